The van der Waals surface area contributed by atoms with E-state index in [9.17, 15) is 0 Å². The molecule has 4 rings (SSSR count). The number of aryl methyl sites for hydroxylation is 1. The number of aromatic nitrogens is 3. The molecule has 1 N–H and O–H groups in total. The average Bonchev–Trinajstić information content (AvgIpc) is 3.35. The van der Waals surface area contributed by atoms with E-state index in [1.54, 1.807) is 0 Å². The predicted molar refractivity (Wildman–Crippen MR) is 133 cm³/mol. The Hall–Kier alpha value is -2.16. The van der Waals surface area contributed by atoms with Gasteiger partial charge in [0.15, 0.2) is 11.8 Å². The van der Waals surface area contributed by atoms with Gasteiger partial charge in [0.2, 0.25) is 0 Å². The number of aliphatic imine (C=N–C) groups is 1. The van der Waals surface area contributed by atoms with E-state index >= 15 is 0 Å². The molecule has 0 aliphatic heterocycles. The number of nitrogens with one attached hydrogen (secondary N) is 1. The zero-order chi connectivity index (χ0) is 20.2. The van der Waals surface area contributed by atoms with Crippen LogP contribution in [-0.2, 0) is 20.1 Å². The molecule has 1 aromatic heterocycles. The Morgan fingerprint density at radius 1 is 1.13 bits per heavy atom. The van der Waals surface area contributed by atoms with E-state index in [1.165, 1.54) is 42.0 Å². The quantitative estimate of drug-likeness (QED) is 0.309. The number of nitrogens with zero attached hydrogens (tertiary/aromatic N) is 5. The SMILES string of the molecule is Cc1nnc(CN=C(NC2CCCC2)N(C)Cc2ccc3ccccc3c2)n1C.I. The third-order valence-corrected chi connectivity index (χ3v) is 5.84. The lowest BCUT2D eigenvalue weighted by Gasteiger charge is -2.25. The van der Waals surface area contributed by atoms with Gasteiger partial charge in [-0.15, -0.1) is 34.2 Å². The molecule has 6 nitrogen and oxygen atoms in total. The van der Waals surface area contributed by atoms with Crippen molar-refractivity contribution in [3.63, 3.8) is 0 Å². The zero-order valence-electron chi connectivity index (χ0n) is 18.0. The Kier molecular flexibility index (Phi) is 7.69. The molecule has 0 amide bonds. The third-order valence-electron chi connectivity index (χ3n) is 5.84. The van der Waals surface area contributed by atoms with Gasteiger partial charge in [0.1, 0.15) is 12.4 Å². The largest absolute Gasteiger partial charge is 0.353 e. The van der Waals surface area contributed by atoms with Crippen molar-refractivity contribution in [1.82, 2.24) is 25.0 Å². The summed E-state index contributed by atoms with van der Waals surface area (Å²) in [6, 6.07) is 15.7. The third kappa shape index (κ3) is 5.30. The lowest BCUT2D eigenvalue weighted by Crippen LogP contribution is -2.43. The van der Waals surface area contributed by atoms with Crippen LogP contribution >= 0.6 is 24.0 Å². The van der Waals surface area contributed by atoms with Crippen LogP contribution in [0, 0.1) is 6.92 Å². The van der Waals surface area contributed by atoms with Crippen molar-refractivity contribution in [2.75, 3.05) is 7.05 Å². The van der Waals surface area contributed by atoms with Crippen LogP contribution in [0.15, 0.2) is 47.5 Å². The van der Waals surface area contributed by atoms with E-state index < -0.39 is 0 Å². The van der Waals surface area contributed by atoms with Crippen LogP contribution in [0.1, 0.15) is 42.9 Å². The molecular formula is C23H31IN6. The van der Waals surface area contributed by atoms with Gasteiger partial charge in [-0.25, -0.2) is 4.99 Å². The smallest absolute Gasteiger partial charge is 0.194 e. The Bertz CT molecular complexity index is 1010. The minimum absolute atomic E-state index is 0. The fourth-order valence-corrected chi connectivity index (χ4v) is 3.95. The Labute approximate surface area is 195 Å². The first-order chi connectivity index (χ1) is 14.1. The second-order valence-electron chi connectivity index (χ2n) is 8.03. The number of halogens is 1. The predicted octanol–water partition coefficient (Wildman–Crippen LogP) is 4.41. The van der Waals surface area contributed by atoms with Crippen LogP contribution in [0.3, 0.4) is 0 Å². The maximum atomic E-state index is 4.90. The van der Waals surface area contributed by atoms with Crippen LogP contribution in [0.5, 0.6) is 0 Å². The summed E-state index contributed by atoms with van der Waals surface area (Å²) in [5.41, 5.74) is 1.28. The van der Waals surface area contributed by atoms with E-state index in [4.69, 9.17) is 4.99 Å². The highest BCUT2D eigenvalue weighted by atomic mass is 127. The molecule has 3 aromatic rings. The first kappa shape index (κ1) is 22.5. The molecule has 0 bridgehead atoms. The number of rotatable bonds is 5. The number of hydrogen-bond acceptors (Lipinski definition) is 3. The Balaban J connectivity index is 0.00000256. The highest BCUT2D eigenvalue weighted by Crippen LogP contribution is 2.19. The molecular weight excluding hydrogens is 487 g/mol. The molecule has 2 aromatic carbocycles. The van der Waals surface area contributed by atoms with Gasteiger partial charge < -0.3 is 14.8 Å². The molecule has 160 valence electrons. The number of fused-ring (bicyclic) bond motifs is 1. The standard InChI is InChI=1S/C23H30N6.HI/c1-17-26-27-22(29(17)3)15-24-23(25-21-10-6-7-11-21)28(2)16-18-12-13-19-8-4-5-9-20(19)14-18;/h4-5,8-9,12-14,21H,6-7,10-11,15-16H2,1-3H3,(H,24,25);1H. The topological polar surface area (TPSA) is 58.3 Å². The van der Waals surface area contributed by atoms with E-state index in [0.717, 1.165) is 24.2 Å². The first-order valence-electron chi connectivity index (χ1n) is 10.4. The second-order valence-corrected chi connectivity index (χ2v) is 8.03. The van der Waals surface area contributed by atoms with Crippen LogP contribution in [0.2, 0.25) is 0 Å². The Morgan fingerprint density at radius 3 is 2.57 bits per heavy atom. The maximum absolute atomic E-state index is 4.90. The molecule has 1 aliphatic carbocycles. The summed E-state index contributed by atoms with van der Waals surface area (Å²) in [6.07, 6.45) is 5.02. The van der Waals surface area contributed by atoms with Gasteiger partial charge in [-0.2, -0.15) is 0 Å². The summed E-state index contributed by atoms with van der Waals surface area (Å²) in [6.45, 7) is 3.29. The van der Waals surface area contributed by atoms with Crippen molar-refractivity contribution in [2.45, 2.75) is 51.7 Å². The van der Waals surface area contributed by atoms with E-state index in [0.29, 0.717) is 12.6 Å². The summed E-state index contributed by atoms with van der Waals surface area (Å²) in [7, 11) is 4.10. The number of hydrogen-bond donors (Lipinski definition) is 1. The Morgan fingerprint density at radius 2 is 1.87 bits per heavy atom. The fraction of sp³-hybridized carbons (Fsp3) is 0.435. The van der Waals surface area contributed by atoms with Crippen molar-refractivity contribution >= 4 is 40.7 Å². The van der Waals surface area contributed by atoms with E-state index in [2.05, 4.69) is 69.9 Å². The fourth-order valence-electron chi connectivity index (χ4n) is 3.95. The van der Waals surface area contributed by atoms with Crippen molar-refractivity contribution < 1.29 is 0 Å². The minimum Gasteiger partial charge on any atom is -0.353 e. The van der Waals surface area contributed by atoms with Crippen molar-refractivity contribution in [3.8, 4) is 0 Å². The molecule has 1 aliphatic rings. The lowest BCUT2D eigenvalue weighted by molar-refractivity contribution is 0.456. The van der Waals surface area contributed by atoms with Gasteiger partial charge in [-0.3, -0.25) is 0 Å². The van der Waals surface area contributed by atoms with Crippen LogP contribution < -0.4 is 5.32 Å². The molecule has 0 radical (unpaired) electrons. The van der Waals surface area contributed by atoms with Gasteiger partial charge >= 0.3 is 0 Å². The molecule has 30 heavy (non-hydrogen) atoms. The molecule has 1 saturated carbocycles. The normalized spacial score (nSPS) is 14.7. The summed E-state index contributed by atoms with van der Waals surface area (Å²) in [5, 5.41) is 14.6. The molecule has 0 spiro atoms. The number of benzene rings is 2. The highest BCUT2D eigenvalue weighted by Gasteiger charge is 2.18. The minimum atomic E-state index is 0. The molecule has 0 atom stereocenters. The second kappa shape index (κ2) is 10.2. The first-order valence-corrected chi connectivity index (χ1v) is 10.4. The van der Waals surface area contributed by atoms with Gasteiger partial charge in [0.25, 0.3) is 0 Å². The van der Waals surface area contributed by atoms with Crippen molar-refractivity contribution in [3.05, 3.63) is 59.7 Å². The summed E-state index contributed by atoms with van der Waals surface area (Å²) in [5.74, 6) is 2.73. The monoisotopic (exact) mass is 518 g/mol. The molecule has 0 unspecified atom stereocenters. The average molecular weight is 518 g/mol. The van der Waals surface area contributed by atoms with Gasteiger partial charge in [-0.05, 0) is 42.2 Å². The van der Waals surface area contributed by atoms with E-state index in [-0.39, 0.29) is 24.0 Å². The molecule has 1 heterocycles. The maximum Gasteiger partial charge on any atom is 0.194 e. The number of guanidine groups is 1. The highest BCUT2D eigenvalue weighted by molar-refractivity contribution is 14.0. The lowest BCUT2D eigenvalue weighted by atomic mass is 10.1. The molecule has 7 heteroatoms. The van der Waals surface area contributed by atoms with Gasteiger partial charge in [0.05, 0.1) is 0 Å². The van der Waals surface area contributed by atoms with Crippen molar-refractivity contribution in [1.29, 1.82) is 0 Å². The molecule has 1 fully saturated rings. The molecule has 0 saturated heterocycles. The summed E-state index contributed by atoms with van der Waals surface area (Å²) >= 11 is 0. The van der Waals surface area contributed by atoms with Gasteiger partial charge in [0, 0.05) is 26.7 Å². The van der Waals surface area contributed by atoms with Crippen LogP contribution in [-0.4, -0.2) is 38.7 Å². The summed E-state index contributed by atoms with van der Waals surface area (Å²) < 4.78 is 2.00. The summed E-state index contributed by atoms with van der Waals surface area (Å²) in [4.78, 5) is 7.11. The van der Waals surface area contributed by atoms with Crippen molar-refractivity contribution in [2.24, 2.45) is 12.0 Å². The van der Waals surface area contributed by atoms with E-state index in [1.807, 2.05) is 18.5 Å². The van der Waals surface area contributed by atoms with Crippen LogP contribution in [0.25, 0.3) is 10.8 Å². The van der Waals surface area contributed by atoms with Crippen LogP contribution in [0.4, 0.5) is 0 Å². The van der Waals surface area contributed by atoms with Gasteiger partial charge in [-0.1, -0.05) is 49.2 Å². The zero-order valence-corrected chi connectivity index (χ0v) is 20.3.